The third-order valence-electron chi connectivity index (χ3n) is 4.36. The Balaban J connectivity index is 2.59. The molecular formula is C19H25N3O2S. The third kappa shape index (κ3) is 4.50. The smallest absolute Gasteiger partial charge is 0.144 e. The third-order valence-corrected chi connectivity index (χ3v) is 4.96. The van der Waals surface area contributed by atoms with Crippen molar-refractivity contribution >= 4 is 10.7 Å². The molecule has 0 aliphatic carbocycles. The fourth-order valence-electron chi connectivity index (χ4n) is 3.20. The fraction of sp³-hybridized carbons (Fsp3) is 0.421. The van der Waals surface area contributed by atoms with Crippen LogP contribution in [-0.2, 0) is 17.2 Å². The lowest BCUT2D eigenvalue weighted by molar-refractivity contribution is 0.597. The number of nitrogens with one attached hydrogen (secondary N) is 1. The molecule has 0 aromatic heterocycles. The SMILES string of the molecule is CC1=C(C[SH](=O)=O)C(c2ccc(CN)cc2)C(C#N)=C(CC(C)C)N1. The highest BCUT2D eigenvalue weighted by atomic mass is 32.2. The molecule has 0 fully saturated rings. The summed E-state index contributed by atoms with van der Waals surface area (Å²) in [5.41, 5.74) is 10.6. The van der Waals surface area contributed by atoms with Gasteiger partial charge >= 0.3 is 0 Å². The number of hydrogen-bond donors (Lipinski definition) is 3. The molecule has 0 spiro atoms. The zero-order chi connectivity index (χ0) is 18.6. The molecule has 1 unspecified atom stereocenters. The van der Waals surface area contributed by atoms with Crippen LogP contribution in [0.5, 0.6) is 0 Å². The molecule has 1 aromatic carbocycles. The lowest BCUT2D eigenvalue weighted by atomic mass is 9.80. The van der Waals surface area contributed by atoms with Crippen molar-refractivity contribution in [3.63, 3.8) is 0 Å². The average Bonchev–Trinajstić information content (AvgIpc) is 2.56. The minimum atomic E-state index is -2.58. The Hall–Kier alpha value is -2.10. The molecule has 0 amide bonds. The number of nitriles is 1. The Kier molecular flexibility index (Phi) is 6.40. The molecule has 134 valence electrons. The first-order valence-electron chi connectivity index (χ1n) is 8.37. The van der Waals surface area contributed by atoms with Gasteiger partial charge in [0.15, 0.2) is 0 Å². The molecule has 1 heterocycles. The molecule has 1 aliphatic rings. The number of thiol groups is 1. The van der Waals surface area contributed by atoms with E-state index in [2.05, 4.69) is 25.2 Å². The summed E-state index contributed by atoms with van der Waals surface area (Å²) in [6, 6.07) is 10.1. The second kappa shape index (κ2) is 8.32. The molecular weight excluding hydrogens is 334 g/mol. The number of nitrogens with zero attached hydrogens (tertiary/aromatic N) is 1. The van der Waals surface area contributed by atoms with Crippen LogP contribution in [0.25, 0.3) is 0 Å². The van der Waals surface area contributed by atoms with Crippen LogP contribution >= 0.6 is 0 Å². The predicted molar refractivity (Wildman–Crippen MR) is 100 cm³/mol. The average molecular weight is 359 g/mol. The minimum absolute atomic E-state index is 0.0579. The number of benzene rings is 1. The molecule has 0 radical (unpaired) electrons. The normalized spacial score (nSPS) is 17.9. The van der Waals surface area contributed by atoms with Crippen molar-refractivity contribution < 1.29 is 8.42 Å². The molecule has 1 aliphatic heterocycles. The second-order valence-electron chi connectivity index (χ2n) is 6.75. The molecule has 0 saturated heterocycles. The van der Waals surface area contributed by atoms with Crippen molar-refractivity contribution in [2.75, 3.05) is 5.75 Å². The Labute approximate surface area is 151 Å². The van der Waals surface area contributed by atoms with Gasteiger partial charge in [-0.05, 0) is 36.0 Å². The van der Waals surface area contributed by atoms with Crippen molar-refractivity contribution in [1.29, 1.82) is 5.26 Å². The summed E-state index contributed by atoms with van der Waals surface area (Å²) >= 11 is 0. The van der Waals surface area contributed by atoms with E-state index in [0.717, 1.165) is 34.5 Å². The van der Waals surface area contributed by atoms with Crippen molar-refractivity contribution in [2.45, 2.75) is 39.7 Å². The van der Waals surface area contributed by atoms with Crippen LogP contribution < -0.4 is 11.1 Å². The van der Waals surface area contributed by atoms with Gasteiger partial charge in [0.05, 0.1) is 17.4 Å². The summed E-state index contributed by atoms with van der Waals surface area (Å²) in [6.45, 7) is 6.51. The van der Waals surface area contributed by atoms with Crippen molar-refractivity contribution in [3.05, 3.63) is 57.9 Å². The highest BCUT2D eigenvalue weighted by Gasteiger charge is 2.30. The molecule has 0 saturated carbocycles. The quantitative estimate of drug-likeness (QED) is 0.678. The second-order valence-corrected chi connectivity index (χ2v) is 7.73. The van der Waals surface area contributed by atoms with Gasteiger partial charge in [-0.15, -0.1) is 0 Å². The first-order valence-corrected chi connectivity index (χ1v) is 9.74. The summed E-state index contributed by atoms with van der Waals surface area (Å²) in [5, 5.41) is 13.1. The number of rotatable bonds is 6. The first kappa shape index (κ1) is 19.2. The van der Waals surface area contributed by atoms with Crippen molar-refractivity contribution in [3.8, 4) is 6.07 Å². The fourth-order valence-corrected chi connectivity index (χ4v) is 3.90. The van der Waals surface area contributed by atoms with E-state index in [4.69, 9.17) is 5.73 Å². The van der Waals surface area contributed by atoms with Crippen LogP contribution in [0, 0.1) is 17.2 Å². The predicted octanol–water partition coefficient (Wildman–Crippen LogP) is 2.54. The molecule has 1 atom stereocenters. The summed E-state index contributed by atoms with van der Waals surface area (Å²) in [7, 11) is -2.58. The van der Waals surface area contributed by atoms with E-state index >= 15 is 0 Å². The van der Waals surface area contributed by atoms with Gasteiger partial charge in [0.25, 0.3) is 0 Å². The molecule has 0 bridgehead atoms. The van der Waals surface area contributed by atoms with Crippen LogP contribution in [0.3, 0.4) is 0 Å². The maximum absolute atomic E-state index is 11.4. The van der Waals surface area contributed by atoms with Crippen LogP contribution in [0.15, 0.2) is 46.8 Å². The topological polar surface area (TPSA) is 96.0 Å². The van der Waals surface area contributed by atoms with E-state index in [0.29, 0.717) is 18.0 Å². The monoisotopic (exact) mass is 359 g/mol. The highest BCUT2D eigenvalue weighted by Crippen LogP contribution is 2.39. The maximum Gasteiger partial charge on any atom is 0.144 e. The van der Waals surface area contributed by atoms with Gasteiger partial charge in [0, 0.05) is 23.9 Å². The van der Waals surface area contributed by atoms with Crippen LogP contribution in [0.4, 0.5) is 0 Å². The first-order chi connectivity index (χ1) is 11.9. The molecule has 1 aromatic rings. The number of allylic oxidation sites excluding steroid dienone is 3. The van der Waals surface area contributed by atoms with E-state index in [9.17, 15) is 13.7 Å². The molecule has 2 rings (SSSR count). The van der Waals surface area contributed by atoms with Gasteiger partial charge < -0.3 is 11.1 Å². The van der Waals surface area contributed by atoms with Crippen LogP contribution in [-0.4, -0.2) is 14.2 Å². The Bertz CT molecular complexity index is 804. The van der Waals surface area contributed by atoms with E-state index in [1.165, 1.54) is 0 Å². The van der Waals surface area contributed by atoms with Gasteiger partial charge in [0.1, 0.15) is 10.7 Å². The number of dihydropyridines is 1. The standard InChI is InChI=1S/C19H25N3O2S/c1-12(2)8-18-16(10-21)19(15-6-4-14(9-20)5-7-15)17(11-25(23)24)13(3)22-18/h4-7,12,19,22,25H,8-9,11,20H2,1-3H3. The zero-order valence-corrected chi connectivity index (χ0v) is 15.8. The van der Waals surface area contributed by atoms with Crippen molar-refractivity contribution in [2.24, 2.45) is 11.7 Å². The van der Waals surface area contributed by atoms with Gasteiger partial charge in [-0.3, -0.25) is 0 Å². The Morgan fingerprint density at radius 1 is 1.28 bits per heavy atom. The zero-order valence-electron chi connectivity index (χ0n) is 14.9. The molecule has 25 heavy (non-hydrogen) atoms. The summed E-state index contributed by atoms with van der Waals surface area (Å²) in [5.74, 6) is -0.00577. The summed E-state index contributed by atoms with van der Waals surface area (Å²) in [4.78, 5) is 0. The number of nitrogens with two attached hydrogens (primary N) is 1. The van der Waals surface area contributed by atoms with Gasteiger partial charge in [-0.1, -0.05) is 38.1 Å². The minimum Gasteiger partial charge on any atom is -0.362 e. The molecule has 3 N–H and O–H groups in total. The van der Waals surface area contributed by atoms with E-state index in [1.807, 2.05) is 31.2 Å². The van der Waals surface area contributed by atoms with Gasteiger partial charge in [0.2, 0.25) is 0 Å². The van der Waals surface area contributed by atoms with Gasteiger partial charge in [-0.25, -0.2) is 8.42 Å². The summed E-state index contributed by atoms with van der Waals surface area (Å²) in [6.07, 6.45) is 0.744. The largest absolute Gasteiger partial charge is 0.362 e. The number of hydrogen-bond acceptors (Lipinski definition) is 5. The summed E-state index contributed by atoms with van der Waals surface area (Å²) < 4.78 is 22.8. The van der Waals surface area contributed by atoms with E-state index in [-0.39, 0.29) is 11.7 Å². The maximum atomic E-state index is 11.4. The van der Waals surface area contributed by atoms with E-state index < -0.39 is 10.7 Å². The lowest BCUT2D eigenvalue weighted by Gasteiger charge is -2.31. The van der Waals surface area contributed by atoms with E-state index in [1.54, 1.807) is 0 Å². The molecule has 5 nitrogen and oxygen atoms in total. The molecule has 6 heteroatoms. The van der Waals surface area contributed by atoms with Gasteiger partial charge in [-0.2, -0.15) is 5.26 Å². The van der Waals surface area contributed by atoms with Crippen LogP contribution in [0.2, 0.25) is 0 Å². The Morgan fingerprint density at radius 3 is 2.40 bits per heavy atom. The Morgan fingerprint density at radius 2 is 1.92 bits per heavy atom. The van der Waals surface area contributed by atoms with Crippen molar-refractivity contribution in [1.82, 2.24) is 5.32 Å². The highest BCUT2D eigenvalue weighted by molar-refractivity contribution is 7.72. The van der Waals surface area contributed by atoms with Crippen LogP contribution in [0.1, 0.15) is 44.2 Å². The lowest BCUT2D eigenvalue weighted by Crippen LogP contribution is -2.27.